The number of hydrogen-bond donors (Lipinski definition) is 0. The standard InChI is InChI=1S/C24H30O2.C23H28O2.16CH4/c1-2-23-8-6-15-14-5-4-13(25)10-16(14)17-11-18(17)21(15)22(23)19-12-20(19)24(23)7-3-9-26-24;1-2-22-10-8-17-16-7-5-15(24)12-14(16)4-6-18(17)21(22)19-13-20(19)23(22)9-3-11-25-23;;;;;;;;;;;;;;;;/h3,7,10,14-15,17-22H,2,4-6,8-9,11-12H2,1H3;3-4,6,9,12,16-21H,2,5,7-8,10-11,13H2,1H3;16*1H4/t14-,15-,17-,18-,19-,20+,21+,22+,23+,24+;16-,17+,18+,19+,20-,21+,22-,23-;;;;;;;;;;;;;;;;/m10................/s1. The molecule has 8 fully saturated rings. The zero-order valence-corrected chi connectivity index (χ0v) is 30.9. The van der Waals surface area contributed by atoms with Crippen LogP contribution in [0.5, 0.6) is 0 Å². The average Bonchev–Trinajstić information content (AvgIpc) is 4.12. The molecular weight excluding hydrogens is 821 g/mol. The maximum Gasteiger partial charge on any atom is 0.155 e. The minimum atomic E-state index is 0. The van der Waals surface area contributed by atoms with Crippen molar-refractivity contribution >= 4 is 11.6 Å². The van der Waals surface area contributed by atoms with Gasteiger partial charge in [0.2, 0.25) is 0 Å². The van der Waals surface area contributed by atoms with Gasteiger partial charge in [-0.15, -0.1) is 0 Å². The summed E-state index contributed by atoms with van der Waals surface area (Å²) in [5.41, 5.74) is 3.82. The van der Waals surface area contributed by atoms with Crippen molar-refractivity contribution in [3.63, 3.8) is 0 Å². The van der Waals surface area contributed by atoms with Crippen molar-refractivity contribution in [3.8, 4) is 0 Å². The molecule has 4 nitrogen and oxygen atoms in total. The molecule has 0 aromatic heterocycles. The Bertz CT molecular complexity index is 1750. The van der Waals surface area contributed by atoms with Gasteiger partial charge in [-0.3, -0.25) is 9.59 Å². The number of carbonyl (C=O) groups excluding carboxylic acids is 2. The summed E-state index contributed by atoms with van der Waals surface area (Å²) in [6.45, 7) is 6.52. The summed E-state index contributed by atoms with van der Waals surface area (Å²) >= 11 is 0. The lowest BCUT2D eigenvalue weighted by Gasteiger charge is -2.58. The summed E-state index contributed by atoms with van der Waals surface area (Å²) in [5, 5.41) is 0. The Labute approximate surface area is 422 Å². The number of ketones is 2. The zero-order valence-electron chi connectivity index (χ0n) is 30.9. The molecule has 398 valence electrons. The van der Waals surface area contributed by atoms with Crippen molar-refractivity contribution < 1.29 is 19.1 Å². The Morgan fingerprint density at radius 2 is 1.00 bits per heavy atom. The van der Waals surface area contributed by atoms with Gasteiger partial charge in [-0.25, -0.2) is 0 Å². The summed E-state index contributed by atoms with van der Waals surface area (Å²) in [5.74, 6) is 12.1. The van der Waals surface area contributed by atoms with Crippen molar-refractivity contribution in [1.29, 1.82) is 0 Å². The zero-order chi connectivity index (χ0) is 34.1. The molecule has 0 unspecified atom stereocenters. The van der Waals surface area contributed by atoms with E-state index in [0.717, 1.165) is 110 Å². The van der Waals surface area contributed by atoms with Gasteiger partial charge in [0.25, 0.3) is 0 Å². The van der Waals surface area contributed by atoms with Crippen LogP contribution >= 0.6 is 0 Å². The van der Waals surface area contributed by atoms with Gasteiger partial charge >= 0.3 is 0 Å². The molecule has 13 rings (SSSR count). The number of ether oxygens (including phenoxy) is 2. The molecule has 0 aromatic carbocycles. The van der Waals surface area contributed by atoms with E-state index in [4.69, 9.17) is 9.47 Å². The van der Waals surface area contributed by atoms with Crippen LogP contribution < -0.4 is 0 Å². The Balaban J connectivity index is -0.000000309. The molecule has 13 aliphatic rings. The van der Waals surface area contributed by atoms with Gasteiger partial charge in [0, 0.05) is 23.7 Å². The molecule has 4 heteroatoms. The van der Waals surface area contributed by atoms with Crippen LogP contribution in [-0.4, -0.2) is 36.0 Å². The van der Waals surface area contributed by atoms with Crippen LogP contribution in [0.4, 0.5) is 0 Å². The van der Waals surface area contributed by atoms with Crippen LogP contribution in [0.3, 0.4) is 0 Å². The number of carbonyl (C=O) groups is 2. The topological polar surface area (TPSA) is 52.6 Å². The summed E-state index contributed by atoms with van der Waals surface area (Å²) in [6.07, 6.45) is 34.3. The van der Waals surface area contributed by atoms with E-state index >= 15 is 0 Å². The smallest absolute Gasteiger partial charge is 0.155 e. The van der Waals surface area contributed by atoms with Crippen molar-refractivity contribution in [2.24, 2.45) is 93.7 Å². The molecule has 0 N–H and O–H groups in total. The molecule has 0 amide bonds. The van der Waals surface area contributed by atoms with Gasteiger partial charge in [0.1, 0.15) is 0 Å². The van der Waals surface area contributed by atoms with E-state index in [1.807, 2.05) is 6.08 Å². The molecule has 0 radical (unpaired) electrons. The second-order valence-corrected chi connectivity index (χ2v) is 20.0. The largest absolute Gasteiger partial charge is 0.366 e. The lowest BCUT2D eigenvalue weighted by Crippen LogP contribution is -2.56. The third-order valence-corrected chi connectivity index (χ3v) is 19.3. The lowest BCUT2D eigenvalue weighted by atomic mass is 9.48. The quantitative estimate of drug-likeness (QED) is 0.259. The first-order valence-corrected chi connectivity index (χ1v) is 21.7. The maximum absolute atomic E-state index is 12.0. The van der Waals surface area contributed by atoms with Crippen LogP contribution in [0.25, 0.3) is 0 Å². The fourth-order valence-electron chi connectivity index (χ4n) is 17.6. The summed E-state index contributed by atoms with van der Waals surface area (Å²) in [7, 11) is 0. The highest BCUT2D eigenvalue weighted by Gasteiger charge is 2.80. The van der Waals surface area contributed by atoms with Crippen LogP contribution in [0.15, 0.2) is 59.8 Å². The Kier molecular flexibility index (Phi) is 27.4. The molecule has 2 aliphatic heterocycles. The van der Waals surface area contributed by atoms with Crippen molar-refractivity contribution in [1.82, 2.24) is 0 Å². The molecule has 18 atom stereocenters. The Morgan fingerprint density at radius 3 is 1.51 bits per heavy atom. The van der Waals surface area contributed by atoms with Gasteiger partial charge in [-0.1, -0.05) is 175 Å². The Hall–Kier alpha value is -2.04. The molecule has 0 saturated heterocycles. The fraction of sp³-hybridized carbons (Fsp3) is 0.810. The van der Waals surface area contributed by atoms with Crippen LogP contribution in [0.2, 0.25) is 0 Å². The van der Waals surface area contributed by atoms with E-state index in [9.17, 15) is 9.59 Å². The minimum Gasteiger partial charge on any atom is -0.366 e. The normalized spacial score (nSPS) is 44.0. The summed E-state index contributed by atoms with van der Waals surface area (Å²) in [4.78, 5) is 23.9. The van der Waals surface area contributed by atoms with Crippen molar-refractivity contribution in [3.05, 3.63) is 59.8 Å². The van der Waals surface area contributed by atoms with E-state index in [0.29, 0.717) is 34.2 Å². The van der Waals surface area contributed by atoms with Gasteiger partial charge in [-0.05, 0) is 171 Å². The predicted octanol–water partition coefficient (Wildman–Crippen LogP) is 19.2. The number of hydrogen-bond acceptors (Lipinski definition) is 4. The van der Waals surface area contributed by atoms with E-state index in [2.05, 4.69) is 56.4 Å². The highest BCUT2D eigenvalue weighted by atomic mass is 16.5. The number of allylic oxidation sites excluding steroid dienone is 5. The third kappa shape index (κ3) is 9.02. The van der Waals surface area contributed by atoms with E-state index in [-0.39, 0.29) is 130 Å². The maximum atomic E-state index is 12.0. The molecular formula is C63H122O4. The SMILES string of the molecule is C.C.C.C.C.C.C.C.C.C.C.C.C.C.C.C.CC[C@]12CC[C@H]3[C@@H](C=CC4=CC(=O)CC[C@@H]43)[C@@H]1[C@@H]1C[C@@H]1[C@@]21C=CCO1.CC[C@]12CC[C@H]3[C@@H]([C@@H]4C[C@@H]4C4=CC(=O)CC[C@@H]43)[C@@H]1[C@@H]1C[C@@H]1[C@@]21C=CCO1. The monoisotopic (exact) mass is 943 g/mol. The molecule has 2 spiro atoms. The highest BCUT2D eigenvalue weighted by molar-refractivity contribution is 5.92. The van der Waals surface area contributed by atoms with Gasteiger partial charge < -0.3 is 9.47 Å². The molecule has 11 aliphatic carbocycles. The van der Waals surface area contributed by atoms with Gasteiger partial charge in [0.05, 0.1) is 24.4 Å². The summed E-state index contributed by atoms with van der Waals surface area (Å²) < 4.78 is 13.1. The van der Waals surface area contributed by atoms with Crippen LogP contribution in [0, 0.1) is 93.7 Å². The first kappa shape index (κ1) is 73.9. The molecule has 67 heavy (non-hydrogen) atoms. The Morgan fingerprint density at radius 1 is 0.522 bits per heavy atom. The lowest BCUT2D eigenvalue weighted by molar-refractivity contribution is -0.145. The third-order valence-electron chi connectivity index (χ3n) is 19.3. The van der Waals surface area contributed by atoms with Gasteiger partial charge in [-0.2, -0.15) is 0 Å². The number of fused-ring (bicyclic) bond motifs is 21. The molecule has 2 heterocycles. The number of rotatable bonds is 2. The van der Waals surface area contributed by atoms with Gasteiger partial charge in [0.15, 0.2) is 11.6 Å². The van der Waals surface area contributed by atoms with Crippen LogP contribution in [-0.2, 0) is 19.1 Å². The fourth-order valence-corrected chi connectivity index (χ4v) is 17.6. The highest BCUT2D eigenvalue weighted by Crippen LogP contribution is 2.82. The van der Waals surface area contributed by atoms with E-state index in [1.165, 1.54) is 63.4 Å². The van der Waals surface area contributed by atoms with Crippen molar-refractivity contribution in [2.75, 3.05) is 13.2 Å². The molecule has 8 saturated carbocycles. The average molecular weight is 944 g/mol. The summed E-state index contributed by atoms with van der Waals surface area (Å²) in [6, 6.07) is 0. The van der Waals surface area contributed by atoms with E-state index in [1.54, 1.807) is 5.57 Å². The minimum absolute atomic E-state index is 0. The predicted molar refractivity (Wildman–Crippen MR) is 304 cm³/mol. The molecule has 0 aromatic rings. The second-order valence-electron chi connectivity index (χ2n) is 20.0. The van der Waals surface area contributed by atoms with Crippen LogP contribution in [0.1, 0.15) is 216 Å². The second kappa shape index (κ2) is 24.9. The first-order chi connectivity index (χ1) is 24.9. The van der Waals surface area contributed by atoms with Crippen molar-refractivity contribution in [2.45, 2.75) is 227 Å². The van der Waals surface area contributed by atoms with E-state index < -0.39 is 0 Å². The first-order valence-electron chi connectivity index (χ1n) is 21.7. The molecule has 0 bridgehead atoms.